The number of unbranched alkanes of at least 4 members (excludes halogenated alkanes) is 1. The molecule has 0 unspecified atom stereocenters. The monoisotopic (exact) mass is 429 g/mol. The Balaban J connectivity index is 1.82. The molecule has 0 heterocycles. The highest BCUT2D eigenvalue weighted by atomic mass is 16.5. The van der Waals surface area contributed by atoms with Gasteiger partial charge in [0.15, 0.2) is 5.78 Å². The zero-order valence-corrected chi connectivity index (χ0v) is 19.1. The molecule has 4 nitrogen and oxygen atoms in total. The van der Waals surface area contributed by atoms with Gasteiger partial charge in [0.2, 0.25) is 0 Å². The summed E-state index contributed by atoms with van der Waals surface area (Å²) in [6, 6.07) is 23.1. The highest BCUT2D eigenvalue weighted by Gasteiger charge is 2.18. The zero-order chi connectivity index (χ0) is 22.9. The molecule has 0 radical (unpaired) electrons. The SMILES string of the molecule is CCCCc1ccc(N[C@@H](CC(=O)c2ccc(C)cc2)c2ccc(C(=O)OC)cc2)cc1. The van der Waals surface area contributed by atoms with Crippen molar-refractivity contribution < 1.29 is 14.3 Å². The van der Waals surface area contributed by atoms with Crippen LogP contribution < -0.4 is 5.32 Å². The number of carbonyl (C=O) groups is 2. The Morgan fingerprint density at radius 3 is 2.09 bits per heavy atom. The van der Waals surface area contributed by atoms with Gasteiger partial charge in [0.25, 0.3) is 0 Å². The van der Waals surface area contributed by atoms with Crippen LogP contribution in [0.4, 0.5) is 5.69 Å². The van der Waals surface area contributed by atoms with Gasteiger partial charge in [-0.05, 0) is 55.2 Å². The molecule has 1 atom stereocenters. The molecule has 0 saturated heterocycles. The van der Waals surface area contributed by atoms with Crippen molar-refractivity contribution in [3.63, 3.8) is 0 Å². The average molecular weight is 430 g/mol. The molecular formula is C28H31NO3. The molecule has 32 heavy (non-hydrogen) atoms. The van der Waals surface area contributed by atoms with Gasteiger partial charge >= 0.3 is 5.97 Å². The van der Waals surface area contributed by atoms with Gasteiger partial charge in [-0.3, -0.25) is 4.79 Å². The molecule has 0 aromatic heterocycles. The van der Waals surface area contributed by atoms with Crippen molar-refractivity contribution in [1.82, 2.24) is 0 Å². The number of nitrogens with one attached hydrogen (secondary N) is 1. The van der Waals surface area contributed by atoms with Gasteiger partial charge in [0.1, 0.15) is 0 Å². The lowest BCUT2D eigenvalue weighted by molar-refractivity contribution is 0.0600. The van der Waals surface area contributed by atoms with Crippen LogP contribution in [-0.4, -0.2) is 18.9 Å². The van der Waals surface area contributed by atoms with Crippen LogP contribution in [0, 0.1) is 6.92 Å². The molecule has 4 heteroatoms. The predicted molar refractivity (Wildman–Crippen MR) is 129 cm³/mol. The number of anilines is 1. The summed E-state index contributed by atoms with van der Waals surface area (Å²) < 4.78 is 4.79. The van der Waals surface area contributed by atoms with Crippen molar-refractivity contribution >= 4 is 17.4 Å². The average Bonchev–Trinajstić information content (AvgIpc) is 2.83. The molecule has 0 amide bonds. The largest absolute Gasteiger partial charge is 0.465 e. The molecule has 0 aliphatic heterocycles. The number of rotatable bonds is 10. The van der Waals surface area contributed by atoms with E-state index in [1.54, 1.807) is 12.1 Å². The van der Waals surface area contributed by atoms with Crippen LogP contribution in [-0.2, 0) is 11.2 Å². The first-order valence-electron chi connectivity index (χ1n) is 11.1. The van der Waals surface area contributed by atoms with E-state index in [-0.39, 0.29) is 17.8 Å². The number of Topliss-reactive ketones (excluding diaryl/α,β-unsaturated/α-hetero) is 1. The number of benzene rings is 3. The Morgan fingerprint density at radius 1 is 0.875 bits per heavy atom. The van der Waals surface area contributed by atoms with Crippen LogP contribution in [0.3, 0.4) is 0 Å². The summed E-state index contributed by atoms with van der Waals surface area (Å²) in [6.07, 6.45) is 3.72. The fourth-order valence-electron chi connectivity index (χ4n) is 3.61. The summed E-state index contributed by atoms with van der Waals surface area (Å²) in [5.74, 6) is -0.307. The minimum absolute atomic E-state index is 0.0686. The van der Waals surface area contributed by atoms with Crippen molar-refractivity contribution in [2.24, 2.45) is 0 Å². The number of hydrogen-bond donors (Lipinski definition) is 1. The molecule has 0 aliphatic carbocycles. The van der Waals surface area contributed by atoms with E-state index in [0.717, 1.165) is 23.2 Å². The second-order valence-electron chi connectivity index (χ2n) is 8.10. The number of ketones is 1. The number of hydrogen-bond acceptors (Lipinski definition) is 4. The quantitative estimate of drug-likeness (QED) is 0.293. The van der Waals surface area contributed by atoms with E-state index < -0.39 is 0 Å². The maximum atomic E-state index is 13.0. The van der Waals surface area contributed by atoms with E-state index >= 15 is 0 Å². The van der Waals surface area contributed by atoms with Gasteiger partial charge in [-0.2, -0.15) is 0 Å². The Morgan fingerprint density at radius 2 is 1.50 bits per heavy atom. The number of ether oxygens (including phenoxy) is 1. The lowest BCUT2D eigenvalue weighted by atomic mass is 9.96. The molecular weight excluding hydrogens is 398 g/mol. The van der Waals surface area contributed by atoms with E-state index in [4.69, 9.17) is 4.74 Å². The van der Waals surface area contributed by atoms with Gasteiger partial charge in [-0.15, -0.1) is 0 Å². The van der Waals surface area contributed by atoms with E-state index in [2.05, 4.69) is 36.5 Å². The van der Waals surface area contributed by atoms with E-state index in [1.165, 1.54) is 25.5 Å². The standard InChI is InChI=1S/C28H31NO3/c1-4-5-6-21-9-17-25(18-10-21)29-26(19-27(30)23-11-7-20(2)8-12-23)22-13-15-24(16-14-22)28(31)32-3/h7-18,26,29H,4-6,19H2,1-3H3/t26-/m0/s1. The van der Waals surface area contributed by atoms with Crippen molar-refractivity contribution in [2.75, 3.05) is 12.4 Å². The molecule has 0 fully saturated rings. The molecule has 3 aromatic rings. The maximum absolute atomic E-state index is 13.0. The highest BCUT2D eigenvalue weighted by molar-refractivity contribution is 5.96. The van der Waals surface area contributed by atoms with Crippen molar-refractivity contribution in [3.8, 4) is 0 Å². The second kappa shape index (κ2) is 11.3. The van der Waals surface area contributed by atoms with Crippen molar-refractivity contribution in [3.05, 3.63) is 101 Å². The van der Waals surface area contributed by atoms with Crippen LogP contribution in [0.25, 0.3) is 0 Å². The minimum atomic E-state index is -0.376. The molecule has 0 saturated carbocycles. The fraction of sp³-hybridized carbons (Fsp3) is 0.286. The first kappa shape index (κ1) is 23.3. The summed E-state index contributed by atoms with van der Waals surface area (Å²) in [7, 11) is 1.37. The van der Waals surface area contributed by atoms with Gasteiger partial charge in [0, 0.05) is 17.7 Å². The zero-order valence-electron chi connectivity index (χ0n) is 19.1. The molecule has 0 aliphatic rings. The van der Waals surface area contributed by atoms with Crippen molar-refractivity contribution in [1.29, 1.82) is 0 Å². The first-order valence-corrected chi connectivity index (χ1v) is 11.1. The summed E-state index contributed by atoms with van der Waals surface area (Å²) in [5, 5.41) is 3.52. The third-order valence-corrected chi connectivity index (χ3v) is 5.61. The summed E-state index contributed by atoms with van der Waals surface area (Å²) in [4.78, 5) is 24.8. The molecule has 0 spiro atoms. The van der Waals surface area contributed by atoms with Gasteiger partial charge in [-0.25, -0.2) is 4.79 Å². The topological polar surface area (TPSA) is 55.4 Å². The van der Waals surface area contributed by atoms with Gasteiger partial charge < -0.3 is 10.1 Å². The molecule has 0 bridgehead atoms. The maximum Gasteiger partial charge on any atom is 0.337 e. The van der Waals surface area contributed by atoms with Crippen LogP contribution >= 0.6 is 0 Å². The molecule has 166 valence electrons. The Labute approximate surface area is 190 Å². The van der Waals surface area contributed by atoms with Crippen molar-refractivity contribution in [2.45, 2.75) is 45.6 Å². The molecule has 3 rings (SSSR count). The number of carbonyl (C=O) groups excluding carboxylic acids is 2. The van der Waals surface area contributed by atoms with Gasteiger partial charge in [0.05, 0.1) is 18.7 Å². The Hall–Kier alpha value is -3.40. The number of methoxy groups -OCH3 is 1. The summed E-state index contributed by atoms with van der Waals surface area (Å²) in [5.41, 5.74) is 5.52. The van der Waals surface area contributed by atoms with Crippen LogP contribution in [0.5, 0.6) is 0 Å². The number of esters is 1. The van der Waals surface area contributed by atoms with Crippen LogP contribution in [0.2, 0.25) is 0 Å². The Kier molecular flexibility index (Phi) is 8.20. The normalized spacial score (nSPS) is 11.6. The minimum Gasteiger partial charge on any atom is -0.465 e. The highest BCUT2D eigenvalue weighted by Crippen LogP contribution is 2.26. The van der Waals surface area contributed by atoms with E-state index in [1.807, 2.05) is 43.3 Å². The Bertz CT molecular complexity index is 1020. The van der Waals surface area contributed by atoms with Gasteiger partial charge in [-0.1, -0.05) is 67.4 Å². The number of aryl methyl sites for hydroxylation is 2. The lowest BCUT2D eigenvalue weighted by Crippen LogP contribution is -2.16. The third kappa shape index (κ3) is 6.30. The molecule has 3 aromatic carbocycles. The molecule has 1 N–H and O–H groups in total. The summed E-state index contributed by atoms with van der Waals surface area (Å²) >= 11 is 0. The van der Waals surface area contributed by atoms with E-state index in [0.29, 0.717) is 17.5 Å². The first-order chi connectivity index (χ1) is 15.5. The fourth-order valence-corrected chi connectivity index (χ4v) is 3.61. The lowest BCUT2D eigenvalue weighted by Gasteiger charge is -2.21. The van der Waals surface area contributed by atoms with E-state index in [9.17, 15) is 9.59 Å². The second-order valence-corrected chi connectivity index (χ2v) is 8.10. The smallest absolute Gasteiger partial charge is 0.337 e. The third-order valence-electron chi connectivity index (χ3n) is 5.61. The predicted octanol–water partition coefficient (Wildman–Crippen LogP) is 6.55. The summed E-state index contributed by atoms with van der Waals surface area (Å²) in [6.45, 7) is 4.20. The van der Waals surface area contributed by atoms with Crippen LogP contribution in [0.1, 0.15) is 69.6 Å². The van der Waals surface area contributed by atoms with Crippen LogP contribution in [0.15, 0.2) is 72.8 Å².